The number of rotatable bonds is 3. The molecule has 0 saturated carbocycles. The van der Waals surface area contributed by atoms with Gasteiger partial charge in [-0.2, -0.15) is 0 Å². The molecule has 22 heavy (non-hydrogen) atoms. The molecular formula is C17H22N4O. The molecule has 1 atom stereocenters. The van der Waals surface area contributed by atoms with E-state index in [4.69, 9.17) is 5.73 Å². The Kier molecular flexibility index (Phi) is 4.36. The van der Waals surface area contributed by atoms with Crippen LogP contribution < -0.4 is 10.6 Å². The minimum Gasteiger partial charge on any atom is -0.391 e. The Morgan fingerprint density at radius 3 is 2.77 bits per heavy atom. The molecule has 1 aliphatic rings. The van der Waals surface area contributed by atoms with Gasteiger partial charge >= 0.3 is 0 Å². The predicted molar refractivity (Wildman–Crippen MR) is 87.6 cm³/mol. The first-order valence-corrected chi connectivity index (χ1v) is 7.73. The van der Waals surface area contributed by atoms with Gasteiger partial charge in [0, 0.05) is 37.6 Å². The number of aliphatic hydroxyl groups excluding tert-OH is 1. The average Bonchev–Trinajstić information content (AvgIpc) is 2.55. The van der Waals surface area contributed by atoms with Gasteiger partial charge in [-0.15, -0.1) is 0 Å². The standard InChI is InChI=1S/C17H22N4O/c1-12-13(8-18)4-2-6-16(12)14-9-19-17(20-10-14)21-7-3-5-15(22)11-21/h2,4,6,9-10,15,22H,3,5,7-8,11,18H2,1H3. The van der Waals surface area contributed by atoms with Crippen molar-refractivity contribution in [2.24, 2.45) is 5.73 Å². The topological polar surface area (TPSA) is 75.3 Å². The van der Waals surface area contributed by atoms with Crippen LogP contribution in [0, 0.1) is 6.92 Å². The third-order valence-electron chi connectivity index (χ3n) is 4.29. The molecule has 1 aromatic heterocycles. The van der Waals surface area contributed by atoms with Crippen LogP contribution in [0.3, 0.4) is 0 Å². The third kappa shape index (κ3) is 2.96. The van der Waals surface area contributed by atoms with E-state index in [0.29, 0.717) is 19.0 Å². The zero-order chi connectivity index (χ0) is 15.5. The van der Waals surface area contributed by atoms with E-state index < -0.39 is 0 Å². The Morgan fingerprint density at radius 1 is 1.32 bits per heavy atom. The molecule has 2 aromatic rings. The summed E-state index contributed by atoms with van der Waals surface area (Å²) in [6, 6.07) is 6.13. The molecule has 5 nitrogen and oxygen atoms in total. The van der Waals surface area contributed by atoms with Gasteiger partial charge in [-0.1, -0.05) is 18.2 Å². The van der Waals surface area contributed by atoms with Crippen molar-refractivity contribution in [1.29, 1.82) is 0 Å². The maximum atomic E-state index is 9.76. The minimum absolute atomic E-state index is 0.277. The number of piperidine rings is 1. The van der Waals surface area contributed by atoms with Gasteiger partial charge in [0.1, 0.15) is 0 Å². The van der Waals surface area contributed by atoms with Crippen LogP contribution in [0.25, 0.3) is 11.1 Å². The number of β-amino-alcohol motifs (C(OH)–C–C–N with tert-alkyl or cyclic N) is 1. The molecule has 0 aliphatic carbocycles. The summed E-state index contributed by atoms with van der Waals surface area (Å²) in [5, 5.41) is 9.76. The summed E-state index contributed by atoms with van der Waals surface area (Å²) in [5.74, 6) is 0.690. The highest BCUT2D eigenvalue weighted by molar-refractivity contribution is 5.67. The molecule has 0 amide bonds. The van der Waals surface area contributed by atoms with Crippen molar-refractivity contribution in [2.45, 2.75) is 32.4 Å². The summed E-state index contributed by atoms with van der Waals surface area (Å²) in [6.07, 6.45) is 5.27. The highest BCUT2D eigenvalue weighted by Crippen LogP contribution is 2.25. The van der Waals surface area contributed by atoms with Crippen molar-refractivity contribution < 1.29 is 5.11 Å². The lowest BCUT2D eigenvalue weighted by Crippen LogP contribution is -2.39. The first-order valence-electron chi connectivity index (χ1n) is 7.73. The van der Waals surface area contributed by atoms with Crippen LogP contribution in [-0.4, -0.2) is 34.3 Å². The lowest BCUT2D eigenvalue weighted by molar-refractivity contribution is 0.153. The Labute approximate surface area is 130 Å². The number of benzene rings is 1. The van der Waals surface area contributed by atoms with Crippen molar-refractivity contribution in [3.63, 3.8) is 0 Å². The van der Waals surface area contributed by atoms with E-state index in [9.17, 15) is 5.11 Å². The summed E-state index contributed by atoms with van der Waals surface area (Å²) >= 11 is 0. The summed E-state index contributed by atoms with van der Waals surface area (Å²) in [5.41, 5.74) is 10.2. The zero-order valence-electron chi connectivity index (χ0n) is 12.9. The monoisotopic (exact) mass is 298 g/mol. The second kappa shape index (κ2) is 6.42. The van der Waals surface area contributed by atoms with Crippen molar-refractivity contribution in [1.82, 2.24) is 9.97 Å². The van der Waals surface area contributed by atoms with Crippen LogP contribution in [-0.2, 0) is 6.54 Å². The molecule has 1 aliphatic heterocycles. The van der Waals surface area contributed by atoms with Gasteiger partial charge < -0.3 is 15.7 Å². The van der Waals surface area contributed by atoms with Gasteiger partial charge in [0.2, 0.25) is 5.95 Å². The van der Waals surface area contributed by atoms with Crippen LogP contribution >= 0.6 is 0 Å². The molecule has 1 unspecified atom stereocenters. The van der Waals surface area contributed by atoms with E-state index in [-0.39, 0.29) is 6.10 Å². The third-order valence-corrected chi connectivity index (χ3v) is 4.29. The van der Waals surface area contributed by atoms with Gasteiger partial charge in [-0.25, -0.2) is 9.97 Å². The van der Waals surface area contributed by atoms with Crippen LogP contribution in [0.15, 0.2) is 30.6 Å². The first kappa shape index (κ1) is 14.9. The molecule has 2 heterocycles. The highest BCUT2D eigenvalue weighted by Gasteiger charge is 2.19. The van der Waals surface area contributed by atoms with Crippen LogP contribution in [0.5, 0.6) is 0 Å². The predicted octanol–water partition coefficient (Wildman–Crippen LogP) is 1.87. The highest BCUT2D eigenvalue weighted by atomic mass is 16.3. The minimum atomic E-state index is -0.277. The second-order valence-electron chi connectivity index (χ2n) is 5.81. The zero-order valence-corrected chi connectivity index (χ0v) is 12.9. The lowest BCUT2D eigenvalue weighted by Gasteiger charge is -2.30. The fourth-order valence-electron chi connectivity index (χ4n) is 2.98. The summed E-state index contributed by atoms with van der Waals surface area (Å²) in [4.78, 5) is 11.0. The molecule has 1 aromatic carbocycles. The molecule has 1 fully saturated rings. The van der Waals surface area contributed by atoms with Crippen LogP contribution in [0.2, 0.25) is 0 Å². The fourth-order valence-corrected chi connectivity index (χ4v) is 2.98. The van der Waals surface area contributed by atoms with E-state index in [1.54, 1.807) is 0 Å². The lowest BCUT2D eigenvalue weighted by atomic mass is 9.98. The van der Waals surface area contributed by atoms with E-state index in [1.165, 1.54) is 5.56 Å². The smallest absolute Gasteiger partial charge is 0.225 e. The van der Waals surface area contributed by atoms with E-state index in [0.717, 1.165) is 36.1 Å². The van der Waals surface area contributed by atoms with Crippen molar-refractivity contribution in [3.8, 4) is 11.1 Å². The number of hydrogen-bond donors (Lipinski definition) is 2. The van der Waals surface area contributed by atoms with Gasteiger partial charge in [-0.3, -0.25) is 0 Å². The largest absolute Gasteiger partial charge is 0.391 e. The fraction of sp³-hybridized carbons (Fsp3) is 0.412. The molecule has 0 radical (unpaired) electrons. The maximum absolute atomic E-state index is 9.76. The molecule has 3 N–H and O–H groups in total. The number of aromatic nitrogens is 2. The summed E-state index contributed by atoms with van der Waals surface area (Å²) < 4.78 is 0. The molecule has 1 saturated heterocycles. The Balaban J connectivity index is 1.85. The second-order valence-corrected chi connectivity index (χ2v) is 5.81. The number of nitrogens with zero attached hydrogens (tertiary/aromatic N) is 3. The van der Waals surface area contributed by atoms with Gasteiger partial charge in [0.25, 0.3) is 0 Å². The van der Waals surface area contributed by atoms with Crippen molar-refractivity contribution >= 4 is 5.95 Å². The van der Waals surface area contributed by atoms with Gasteiger partial charge in [0.15, 0.2) is 0 Å². The number of aliphatic hydroxyl groups is 1. The first-order chi connectivity index (χ1) is 10.7. The van der Waals surface area contributed by atoms with Gasteiger partial charge in [-0.05, 0) is 36.5 Å². The summed E-state index contributed by atoms with van der Waals surface area (Å²) in [7, 11) is 0. The van der Waals surface area contributed by atoms with E-state index >= 15 is 0 Å². The average molecular weight is 298 g/mol. The summed E-state index contributed by atoms with van der Waals surface area (Å²) in [6.45, 7) is 4.12. The Bertz CT molecular complexity index is 642. The molecule has 3 rings (SSSR count). The maximum Gasteiger partial charge on any atom is 0.225 e. The van der Waals surface area contributed by atoms with Crippen LogP contribution in [0.4, 0.5) is 5.95 Å². The number of anilines is 1. The quantitative estimate of drug-likeness (QED) is 0.905. The number of nitrogens with two attached hydrogens (primary N) is 1. The SMILES string of the molecule is Cc1c(CN)cccc1-c1cnc(N2CCCC(O)C2)nc1. The molecule has 0 spiro atoms. The van der Waals surface area contributed by atoms with Crippen LogP contribution in [0.1, 0.15) is 24.0 Å². The number of hydrogen-bond acceptors (Lipinski definition) is 5. The molecule has 5 heteroatoms. The Hall–Kier alpha value is -1.98. The molecule has 0 bridgehead atoms. The molecule has 116 valence electrons. The van der Waals surface area contributed by atoms with Crippen molar-refractivity contribution in [2.75, 3.05) is 18.0 Å². The van der Waals surface area contributed by atoms with Crippen molar-refractivity contribution in [3.05, 3.63) is 41.7 Å². The Morgan fingerprint density at radius 2 is 2.09 bits per heavy atom. The van der Waals surface area contributed by atoms with Gasteiger partial charge in [0.05, 0.1) is 6.10 Å². The van der Waals surface area contributed by atoms with E-state index in [2.05, 4.69) is 23.0 Å². The normalized spacial score (nSPS) is 18.5. The molecular weight excluding hydrogens is 276 g/mol. The van der Waals surface area contributed by atoms with E-state index in [1.807, 2.05) is 29.4 Å².